The molecule has 0 aromatic rings. The summed E-state index contributed by atoms with van der Waals surface area (Å²) in [6, 6.07) is -1.26. The van der Waals surface area contributed by atoms with Gasteiger partial charge >= 0.3 is 12.1 Å². The Labute approximate surface area is 130 Å². The Hall–Kier alpha value is -1.95. The number of nitrogens with zero attached hydrogens (tertiary/aromatic N) is 4. The van der Waals surface area contributed by atoms with Crippen molar-refractivity contribution in [3.8, 4) is 0 Å². The van der Waals surface area contributed by atoms with Gasteiger partial charge in [-0.2, -0.15) is 0 Å². The fourth-order valence-corrected chi connectivity index (χ4v) is 2.09. The van der Waals surface area contributed by atoms with Crippen molar-refractivity contribution in [1.82, 2.24) is 4.90 Å². The molecule has 1 heterocycles. The van der Waals surface area contributed by atoms with Gasteiger partial charge in [0, 0.05) is 11.5 Å². The Morgan fingerprint density at radius 1 is 1.14 bits per heavy atom. The highest BCUT2D eigenvalue weighted by Crippen LogP contribution is 2.25. The fourth-order valence-electron chi connectivity index (χ4n) is 2.09. The van der Waals surface area contributed by atoms with Gasteiger partial charge in [-0.25, -0.2) is 9.59 Å². The fraction of sp³-hybridized carbons (Fsp3) is 0.857. The predicted molar refractivity (Wildman–Crippen MR) is 80.1 cm³/mol. The number of rotatable bonds is 2. The first-order valence-corrected chi connectivity index (χ1v) is 7.19. The summed E-state index contributed by atoms with van der Waals surface area (Å²) in [6.07, 6.45) is -0.378. The number of hydrogen-bond acceptors (Lipinski definition) is 5. The van der Waals surface area contributed by atoms with E-state index in [1.165, 1.54) is 4.90 Å². The van der Waals surface area contributed by atoms with Crippen molar-refractivity contribution in [3.63, 3.8) is 0 Å². The number of ether oxygens (including phenoxy) is 2. The predicted octanol–water partition coefficient (Wildman–Crippen LogP) is 3.02. The van der Waals surface area contributed by atoms with Crippen LogP contribution in [0.1, 0.15) is 48.0 Å². The highest BCUT2D eigenvalue weighted by Gasteiger charge is 2.43. The Balaban J connectivity index is 2.92. The van der Waals surface area contributed by atoms with E-state index in [1.54, 1.807) is 41.5 Å². The summed E-state index contributed by atoms with van der Waals surface area (Å²) in [6.45, 7) is 10.6. The molecule has 0 aliphatic carbocycles. The minimum atomic E-state index is -0.801. The molecule has 1 aliphatic heterocycles. The maximum Gasteiger partial charge on any atom is 0.411 e. The average Bonchev–Trinajstić information content (AvgIpc) is 2.69. The Morgan fingerprint density at radius 2 is 1.68 bits per heavy atom. The normalized spacial score (nSPS) is 22.0. The Morgan fingerprint density at radius 3 is 2.14 bits per heavy atom. The van der Waals surface area contributed by atoms with Gasteiger partial charge in [-0.15, -0.1) is 0 Å². The molecule has 1 aliphatic rings. The van der Waals surface area contributed by atoms with Gasteiger partial charge in [-0.1, -0.05) is 5.11 Å². The molecule has 1 rings (SSSR count). The topological polar surface area (TPSA) is 105 Å². The number of azide groups is 1. The van der Waals surface area contributed by atoms with Crippen LogP contribution in [-0.2, 0) is 14.3 Å². The third-order valence-electron chi connectivity index (χ3n) is 2.80. The molecule has 22 heavy (non-hydrogen) atoms. The first kappa shape index (κ1) is 18.1. The van der Waals surface area contributed by atoms with Crippen molar-refractivity contribution in [2.75, 3.05) is 6.54 Å². The average molecular weight is 312 g/mol. The molecule has 0 bridgehead atoms. The third kappa shape index (κ3) is 5.44. The van der Waals surface area contributed by atoms with Crippen LogP contribution in [0, 0.1) is 0 Å². The molecule has 2 atom stereocenters. The minimum absolute atomic E-state index is 0.142. The molecular formula is C14H24N4O4. The lowest BCUT2D eigenvalue weighted by Crippen LogP contribution is -2.45. The lowest BCUT2D eigenvalue weighted by Gasteiger charge is -2.29. The number of likely N-dealkylation sites (tertiary alicyclic amines) is 1. The number of esters is 1. The van der Waals surface area contributed by atoms with E-state index in [0.29, 0.717) is 0 Å². The van der Waals surface area contributed by atoms with Gasteiger partial charge in [0.1, 0.15) is 17.2 Å². The molecule has 0 spiro atoms. The number of amides is 1. The molecule has 0 aromatic heterocycles. The van der Waals surface area contributed by atoms with E-state index in [0.717, 1.165) is 0 Å². The Bertz CT molecular complexity index is 450. The summed E-state index contributed by atoms with van der Waals surface area (Å²) in [7, 11) is 0. The van der Waals surface area contributed by atoms with Crippen LogP contribution >= 0.6 is 0 Å². The maximum absolute atomic E-state index is 12.3. The van der Waals surface area contributed by atoms with Crippen molar-refractivity contribution >= 4 is 12.1 Å². The van der Waals surface area contributed by atoms with Gasteiger partial charge in [0.25, 0.3) is 0 Å². The largest absolute Gasteiger partial charge is 0.458 e. The number of carbonyl (C=O) groups excluding carboxylic acids is 2. The lowest BCUT2D eigenvalue weighted by molar-refractivity contribution is -0.160. The number of carbonyl (C=O) groups is 2. The molecule has 8 heteroatoms. The molecule has 0 unspecified atom stereocenters. The second-order valence-corrected chi connectivity index (χ2v) is 7.28. The Kier molecular flexibility index (Phi) is 5.30. The summed E-state index contributed by atoms with van der Waals surface area (Å²) in [5.74, 6) is -0.519. The summed E-state index contributed by atoms with van der Waals surface area (Å²) < 4.78 is 10.6. The standard InChI is InChI=1S/C14H24N4O4/c1-13(2,3)21-11(19)10-7-9(16-17-15)8-18(10)12(20)22-14(4,5)6/h9-10H,7-8H2,1-6H3/t9-,10+/m1/s1. The zero-order valence-corrected chi connectivity index (χ0v) is 14.0. The highest BCUT2D eigenvalue weighted by molar-refractivity contribution is 5.82. The van der Waals surface area contributed by atoms with Crippen molar-refractivity contribution in [1.29, 1.82) is 0 Å². The maximum atomic E-state index is 12.3. The van der Waals surface area contributed by atoms with Crippen LogP contribution in [-0.4, -0.2) is 46.8 Å². The van der Waals surface area contributed by atoms with E-state index in [1.807, 2.05) is 0 Å². The minimum Gasteiger partial charge on any atom is -0.458 e. The van der Waals surface area contributed by atoms with Crippen molar-refractivity contribution in [3.05, 3.63) is 10.4 Å². The van der Waals surface area contributed by atoms with Crippen LogP contribution in [0.3, 0.4) is 0 Å². The highest BCUT2D eigenvalue weighted by atomic mass is 16.6. The molecule has 0 aromatic carbocycles. The van der Waals surface area contributed by atoms with Crippen molar-refractivity contribution < 1.29 is 19.1 Å². The van der Waals surface area contributed by atoms with Gasteiger partial charge in [0.15, 0.2) is 0 Å². The monoisotopic (exact) mass is 312 g/mol. The molecule has 1 fully saturated rings. The summed E-state index contributed by atoms with van der Waals surface area (Å²) in [4.78, 5) is 28.6. The van der Waals surface area contributed by atoms with Gasteiger partial charge in [-0.05, 0) is 53.5 Å². The van der Waals surface area contributed by atoms with Crippen LogP contribution in [0.2, 0.25) is 0 Å². The lowest BCUT2D eigenvalue weighted by atomic mass is 10.1. The summed E-state index contributed by atoms with van der Waals surface area (Å²) >= 11 is 0. The molecule has 0 radical (unpaired) electrons. The molecule has 0 saturated carbocycles. The molecular weight excluding hydrogens is 288 g/mol. The van der Waals surface area contributed by atoms with Crippen LogP contribution in [0.25, 0.3) is 10.4 Å². The third-order valence-corrected chi connectivity index (χ3v) is 2.80. The van der Waals surface area contributed by atoms with E-state index in [4.69, 9.17) is 15.0 Å². The van der Waals surface area contributed by atoms with Gasteiger partial charge in [0.05, 0.1) is 6.04 Å². The van der Waals surface area contributed by atoms with Crippen LogP contribution in [0.15, 0.2) is 5.11 Å². The summed E-state index contributed by atoms with van der Waals surface area (Å²) in [5, 5.41) is 3.61. The van der Waals surface area contributed by atoms with Gasteiger partial charge < -0.3 is 9.47 Å². The molecule has 8 nitrogen and oxygen atoms in total. The second-order valence-electron chi connectivity index (χ2n) is 7.28. The molecule has 124 valence electrons. The van der Waals surface area contributed by atoms with Gasteiger partial charge in [0.2, 0.25) is 0 Å². The van der Waals surface area contributed by atoms with Crippen molar-refractivity contribution in [2.24, 2.45) is 5.11 Å². The number of hydrogen-bond donors (Lipinski definition) is 0. The first-order valence-electron chi connectivity index (χ1n) is 7.19. The molecule has 0 N–H and O–H groups in total. The van der Waals surface area contributed by atoms with E-state index in [-0.39, 0.29) is 13.0 Å². The first-order chi connectivity index (χ1) is 9.93. The molecule has 1 amide bonds. The smallest absolute Gasteiger partial charge is 0.411 e. The van der Waals surface area contributed by atoms with Gasteiger partial charge in [-0.3, -0.25) is 4.90 Å². The van der Waals surface area contributed by atoms with E-state index in [2.05, 4.69) is 10.0 Å². The second kappa shape index (κ2) is 6.44. The van der Waals surface area contributed by atoms with E-state index < -0.39 is 35.3 Å². The van der Waals surface area contributed by atoms with Crippen LogP contribution in [0.4, 0.5) is 4.79 Å². The van der Waals surface area contributed by atoms with Crippen LogP contribution in [0.5, 0.6) is 0 Å². The SMILES string of the molecule is CC(C)(C)OC(=O)[C@@H]1C[C@@H](N=[N+]=[N-])CN1C(=O)OC(C)(C)C. The summed E-state index contributed by atoms with van der Waals surface area (Å²) in [5.41, 5.74) is 7.22. The quantitative estimate of drug-likeness (QED) is 0.338. The van der Waals surface area contributed by atoms with E-state index in [9.17, 15) is 9.59 Å². The van der Waals surface area contributed by atoms with E-state index >= 15 is 0 Å². The van der Waals surface area contributed by atoms with Crippen LogP contribution < -0.4 is 0 Å². The zero-order chi connectivity index (χ0) is 17.1. The zero-order valence-electron chi connectivity index (χ0n) is 14.0. The van der Waals surface area contributed by atoms with Crippen molar-refractivity contribution in [2.45, 2.75) is 71.2 Å². The molecule has 1 saturated heterocycles.